The third-order valence-electron chi connectivity index (χ3n) is 3.27. The molecule has 4 rings (SSSR count). The van der Waals surface area contributed by atoms with E-state index < -0.39 is 0 Å². The lowest BCUT2D eigenvalue weighted by Crippen LogP contribution is -1.95. The molecule has 0 aliphatic heterocycles. The van der Waals surface area contributed by atoms with Crippen LogP contribution in [0.5, 0.6) is 0 Å². The molecule has 3 heterocycles. The van der Waals surface area contributed by atoms with Gasteiger partial charge in [0.1, 0.15) is 17.8 Å². The number of anilines is 2. The summed E-state index contributed by atoms with van der Waals surface area (Å²) >= 11 is 0. The van der Waals surface area contributed by atoms with Gasteiger partial charge in [-0.25, -0.2) is 9.97 Å². The Balaban J connectivity index is 1.66. The normalized spacial score (nSPS) is 10.9. The molecule has 0 atom stereocenters. The average Bonchev–Trinajstić information content (AvgIpc) is 3.18. The molecule has 0 saturated carbocycles. The largest absolute Gasteiger partial charge is 0.463 e. The van der Waals surface area contributed by atoms with E-state index in [-0.39, 0.29) is 0 Å². The molecule has 5 heteroatoms. The van der Waals surface area contributed by atoms with Crippen molar-refractivity contribution in [3.05, 3.63) is 61.3 Å². The van der Waals surface area contributed by atoms with E-state index in [9.17, 15) is 0 Å². The van der Waals surface area contributed by atoms with Crippen molar-refractivity contribution >= 4 is 22.4 Å². The summed E-state index contributed by atoms with van der Waals surface area (Å²) in [6.45, 7) is 0. The number of rotatable bonds is 3. The molecule has 3 aromatic heterocycles. The highest BCUT2D eigenvalue weighted by atomic mass is 16.3. The molecule has 0 amide bonds. The van der Waals surface area contributed by atoms with Crippen LogP contribution in [0.2, 0.25) is 0 Å². The molecule has 5 nitrogen and oxygen atoms in total. The molecule has 0 spiro atoms. The summed E-state index contributed by atoms with van der Waals surface area (Å²) < 4.78 is 5.35. The van der Waals surface area contributed by atoms with Gasteiger partial charge in [-0.15, -0.1) is 0 Å². The van der Waals surface area contributed by atoms with Crippen molar-refractivity contribution in [3.63, 3.8) is 0 Å². The Hall–Kier alpha value is -3.08. The monoisotopic (exact) mass is 276 g/mol. The van der Waals surface area contributed by atoms with Crippen LogP contribution in [0, 0.1) is 0 Å². The van der Waals surface area contributed by atoms with Gasteiger partial charge < -0.3 is 14.7 Å². The van der Waals surface area contributed by atoms with Gasteiger partial charge in [0, 0.05) is 28.9 Å². The summed E-state index contributed by atoms with van der Waals surface area (Å²) in [5.74, 6) is 1.45. The predicted molar refractivity (Wildman–Crippen MR) is 81.3 cm³/mol. The zero-order valence-corrected chi connectivity index (χ0v) is 11.1. The molecule has 0 saturated heterocycles. The van der Waals surface area contributed by atoms with Crippen LogP contribution in [0.4, 0.5) is 11.5 Å². The molecular weight excluding hydrogens is 264 g/mol. The van der Waals surface area contributed by atoms with Gasteiger partial charge in [-0.2, -0.15) is 0 Å². The maximum atomic E-state index is 5.35. The van der Waals surface area contributed by atoms with Gasteiger partial charge in [0.05, 0.1) is 6.26 Å². The first-order chi connectivity index (χ1) is 10.4. The maximum absolute atomic E-state index is 5.35. The molecule has 4 aromatic rings. The fraction of sp³-hybridized carbons (Fsp3) is 0. The first kappa shape index (κ1) is 11.7. The number of fused-ring (bicyclic) bond motifs is 1. The third kappa shape index (κ3) is 2.25. The molecule has 0 fully saturated rings. The molecule has 102 valence electrons. The van der Waals surface area contributed by atoms with E-state index in [4.69, 9.17) is 4.42 Å². The van der Waals surface area contributed by atoms with Crippen LogP contribution in [0.25, 0.3) is 22.4 Å². The number of hydrogen-bond donors (Lipinski definition) is 2. The van der Waals surface area contributed by atoms with Crippen LogP contribution in [-0.2, 0) is 0 Å². The number of benzene rings is 1. The second-order valence-corrected chi connectivity index (χ2v) is 4.67. The van der Waals surface area contributed by atoms with E-state index in [2.05, 4.69) is 26.3 Å². The summed E-state index contributed by atoms with van der Waals surface area (Å²) in [6, 6.07) is 13.7. The van der Waals surface area contributed by atoms with Crippen molar-refractivity contribution in [1.82, 2.24) is 15.0 Å². The van der Waals surface area contributed by atoms with Crippen molar-refractivity contribution in [2.75, 3.05) is 5.32 Å². The van der Waals surface area contributed by atoms with Gasteiger partial charge in [0.25, 0.3) is 0 Å². The highest BCUT2D eigenvalue weighted by Crippen LogP contribution is 2.23. The molecule has 0 bridgehead atoms. The molecular formula is C16H12N4O. The molecule has 2 N–H and O–H groups in total. The van der Waals surface area contributed by atoms with E-state index in [1.54, 1.807) is 6.26 Å². The Morgan fingerprint density at radius 1 is 1.05 bits per heavy atom. The predicted octanol–water partition coefficient (Wildman–Crippen LogP) is 3.96. The van der Waals surface area contributed by atoms with E-state index in [1.807, 2.05) is 42.6 Å². The van der Waals surface area contributed by atoms with Gasteiger partial charge in [0.2, 0.25) is 0 Å². The number of nitrogens with zero attached hydrogens (tertiary/aromatic N) is 2. The lowest BCUT2D eigenvalue weighted by molar-refractivity contribution is 0.580. The molecule has 21 heavy (non-hydrogen) atoms. The molecule has 0 unspecified atom stereocenters. The molecule has 1 aromatic carbocycles. The van der Waals surface area contributed by atoms with E-state index in [1.165, 1.54) is 6.33 Å². The van der Waals surface area contributed by atoms with Crippen LogP contribution >= 0.6 is 0 Å². The van der Waals surface area contributed by atoms with Crippen molar-refractivity contribution in [3.8, 4) is 11.5 Å². The van der Waals surface area contributed by atoms with Crippen molar-refractivity contribution in [1.29, 1.82) is 0 Å². The maximum Gasteiger partial charge on any atom is 0.152 e. The Morgan fingerprint density at radius 3 is 2.95 bits per heavy atom. The molecule has 0 radical (unpaired) electrons. The number of hydrogen-bond acceptors (Lipinski definition) is 4. The Kier molecular flexibility index (Phi) is 2.67. The van der Waals surface area contributed by atoms with Gasteiger partial charge in [-0.1, -0.05) is 0 Å². The molecule has 0 aliphatic rings. The average molecular weight is 276 g/mol. The quantitative estimate of drug-likeness (QED) is 0.594. The van der Waals surface area contributed by atoms with Gasteiger partial charge in [-0.3, -0.25) is 0 Å². The van der Waals surface area contributed by atoms with Crippen LogP contribution in [-0.4, -0.2) is 15.0 Å². The highest BCUT2D eigenvalue weighted by molar-refractivity contribution is 5.83. The number of aromatic amines is 1. The fourth-order valence-corrected chi connectivity index (χ4v) is 2.26. The minimum Gasteiger partial charge on any atom is -0.463 e. The Bertz CT molecular complexity index is 880. The van der Waals surface area contributed by atoms with Crippen LogP contribution in [0.15, 0.2) is 65.7 Å². The highest BCUT2D eigenvalue weighted by Gasteiger charge is 2.05. The fourth-order valence-electron chi connectivity index (χ4n) is 2.26. The van der Waals surface area contributed by atoms with Gasteiger partial charge in [0.15, 0.2) is 5.76 Å². The van der Waals surface area contributed by atoms with Gasteiger partial charge in [-0.05, 0) is 36.4 Å². The minimum absolute atomic E-state index is 0.724. The van der Waals surface area contributed by atoms with Crippen molar-refractivity contribution in [2.24, 2.45) is 0 Å². The number of nitrogens with one attached hydrogen (secondary N) is 2. The van der Waals surface area contributed by atoms with Crippen LogP contribution < -0.4 is 5.32 Å². The number of aromatic nitrogens is 3. The van der Waals surface area contributed by atoms with Crippen molar-refractivity contribution < 1.29 is 4.42 Å². The van der Waals surface area contributed by atoms with E-state index in [0.717, 1.165) is 33.9 Å². The first-order valence-corrected chi connectivity index (χ1v) is 6.58. The standard InChI is InChI=1S/C16H12N4O/c1-2-15(21-7-1)14-9-16(19-10-18-14)20-12-3-4-13-11(8-12)5-6-17-13/h1-10,17H,(H,18,19,20). The Morgan fingerprint density at radius 2 is 2.05 bits per heavy atom. The SMILES string of the molecule is c1coc(-c2cc(Nc3ccc4[nH]ccc4c3)ncn2)c1. The molecule has 0 aliphatic carbocycles. The lowest BCUT2D eigenvalue weighted by atomic mass is 10.2. The zero-order chi connectivity index (χ0) is 14.1. The Labute approximate surface area is 120 Å². The summed E-state index contributed by atoms with van der Waals surface area (Å²) in [5, 5.41) is 4.43. The topological polar surface area (TPSA) is 66.7 Å². The van der Waals surface area contributed by atoms with Crippen LogP contribution in [0.1, 0.15) is 0 Å². The number of furan rings is 1. The summed E-state index contributed by atoms with van der Waals surface area (Å²) in [4.78, 5) is 11.6. The summed E-state index contributed by atoms with van der Waals surface area (Å²) in [7, 11) is 0. The van der Waals surface area contributed by atoms with Gasteiger partial charge >= 0.3 is 0 Å². The van der Waals surface area contributed by atoms with E-state index in [0.29, 0.717) is 0 Å². The summed E-state index contributed by atoms with van der Waals surface area (Å²) in [6.07, 6.45) is 5.08. The minimum atomic E-state index is 0.724. The summed E-state index contributed by atoms with van der Waals surface area (Å²) in [5.41, 5.74) is 2.84. The number of H-pyrrole nitrogens is 1. The third-order valence-corrected chi connectivity index (χ3v) is 3.27. The smallest absolute Gasteiger partial charge is 0.152 e. The second-order valence-electron chi connectivity index (χ2n) is 4.67. The van der Waals surface area contributed by atoms with E-state index >= 15 is 0 Å². The first-order valence-electron chi connectivity index (χ1n) is 6.58. The zero-order valence-electron chi connectivity index (χ0n) is 11.1. The second kappa shape index (κ2) is 4.79. The lowest BCUT2D eigenvalue weighted by Gasteiger charge is -2.06. The van der Waals surface area contributed by atoms with Crippen molar-refractivity contribution in [2.45, 2.75) is 0 Å². The van der Waals surface area contributed by atoms with Crippen LogP contribution in [0.3, 0.4) is 0 Å².